The Balaban J connectivity index is 1.36. The standard InChI is InChI=1S/C25H25N5O3S/c31-34(32,29-13-15-33-16-14-29)23-11-12-24(27-18-23)26-17-21-19-30(22-9-5-2-6-10-22)28-25(21)20-7-3-1-4-8-20/h1-12,18-19H,13-17H2,(H,26,27). The molecule has 0 bridgehead atoms. The van der Waals surface area contributed by atoms with Crippen molar-refractivity contribution in [3.63, 3.8) is 0 Å². The minimum atomic E-state index is -3.57. The molecule has 174 valence electrons. The molecule has 1 aliphatic rings. The quantitative estimate of drug-likeness (QED) is 0.440. The Labute approximate surface area is 198 Å². The Bertz CT molecular complexity index is 1330. The van der Waals surface area contributed by atoms with Crippen LogP contribution < -0.4 is 5.32 Å². The van der Waals surface area contributed by atoms with Crippen LogP contribution in [0.3, 0.4) is 0 Å². The highest BCUT2D eigenvalue weighted by molar-refractivity contribution is 7.89. The van der Waals surface area contributed by atoms with Crippen LogP contribution in [0.4, 0.5) is 5.82 Å². The van der Waals surface area contributed by atoms with Gasteiger partial charge in [0.05, 0.1) is 24.6 Å². The third-order valence-electron chi connectivity index (χ3n) is 5.66. The molecule has 8 nitrogen and oxygen atoms in total. The molecular formula is C25H25N5O3S. The van der Waals surface area contributed by atoms with E-state index in [4.69, 9.17) is 9.84 Å². The molecule has 0 saturated carbocycles. The topological polar surface area (TPSA) is 89.3 Å². The molecule has 0 spiro atoms. The molecule has 0 aliphatic carbocycles. The molecule has 0 unspecified atom stereocenters. The molecule has 1 N–H and O–H groups in total. The number of sulfonamides is 1. The summed E-state index contributed by atoms with van der Waals surface area (Å²) in [6.45, 7) is 2.02. The van der Waals surface area contributed by atoms with E-state index >= 15 is 0 Å². The van der Waals surface area contributed by atoms with Gasteiger partial charge in [0.2, 0.25) is 10.0 Å². The SMILES string of the molecule is O=S(=O)(c1ccc(NCc2cn(-c3ccccc3)nc2-c2ccccc2)nc1)N1CCOCC1. The second-order valence-corrected chi connectivity index (χ2v) is 9.84. The van der Waals surface area contributed by atoms with Gasteiger partial charge in [0.1, 0.15) is 10.7 Å². The van der Waals surface area contributed by atoms with E-state index < -0.39 is 10.0 Å². The number of hydrogen-bond donors (Lipinski definition) is 1. The van der Waals surface area contributed by atoms with Gasteiger partial charge in [-0.3, -0.25) is 0 Å². The van der Waals surface area contributed by atoms with Gasteiger partial charge in [-0.05, 0) is 24.3 Å². The summed E-state index contributed by atoms with van der Waals surface area (Å²) in [5, 5.41) is 8.12. The number of hydrogen-bond acceptors (Lipinski definition) is 6. The highest BCUT2D eigenvalue weighted by Gasteiger charge is 2.26. The molecule has 1 aliphatic heterocycles. The fourth-order valence-electron chi connectivity index (χ4n) is 3.85. The van der Waals surface area contributed by atoms with Gasteiger partial charge >= 0.3 is 0 Å². The number of nitrogens with one attached hydrogen (secondary N) is 1. The van der Waals surface area contributed by atoms with Crippen LogP contribution in [0.1, 0.15) is 5.56 Å². The van der Waals surface area contributed by atoms with Crippen LogP contribution in [-0.2, 0) is 21.3 Å². The molecule has 0 atom stereocenters. The lowest BCUT2D eigenvalue weighted by Gasteiger charge is -2.25. The van der Waals surface area contributed by atoms with Crippen molar-refractivity contribution in [2.75, 3.05) is 31.6 Å². The largest absolute Gasteiger partial charge is 0.379 e. The number of aromatic nitrogens is 3. The maximum Gasteiger partial charge on any atom is 0.244 e. The number of anilines is 1. The van der Waals surface area contributed by atoms with Crippen LogP contribution >= 0.6 is 0 Å². The third-order valence-corrected chi connectivity index (χ3v) is 7.54. The zero-order valence-corrected chi connectivity index (χ0v) is 19.4. The van der Waals surface area contributed by atoms with Crippen LogP contribution in [0.25, 0.3) is 16.9 Å². The van der Waals surface area contributed by atoms with Gasteiger partial charge < -0.3 is 10.1 Å². The first-order valence-electron chi connectivity index (χ1n) is 11.1. The summed E-state index contributed by atoms with van der Waals surface area (Å²) < 4.78 is 34.2. The second-order valence-electron chi connectivity index (χ2n) is 7.90. The first-order chi connectivity index (χ1) is 16.6. The van der Waals surface area contributed by atoms with E-state index in [0.717, 1.165) is 22.5 Å². The molecule has 0 radical (unpaired) electrons. The molecule has 4 aromatic rings. The van der Waals surface area contributed by atoms with Crippen LogP contribution in [0.5, 0.6) is 0 Å². The number of nitrogens with zero attached hydrogens (tertiary/aromatic N) is 4. The van der Waals surface area contributed by atoms with Gasteiger partial charge in [-0.25, -0.2) is 18.1 Å². The number of pyridine rings is 1. The van der Waals surface area contributed by atoms with Crippen molar-refractivity contribution in [2.24, 2.45) is 0 Å². The number of ether oxygens (including phenoxy) is 1. The summed E-state index contributed by atoms with van der Waals surface area (Å²) >= 11 is 0. The van der Waals surface area contributed by atoms with Crippen molar-refractivity contribution in [1.82, 2.24) is 19.1 Å². The maximum atomic E-state index is 12.8. The van der Waals surface area contributed by atoms with Crippen molar-refractivity contribution in [3.8, 4) is 16.9 Å². The predicted octanol–water partition coefficient (Wildman–Crippen LogP) is 3.57. The van der Waals surface area contributed by atoms with Crippen LogP contribution in [0, 0.1) is 0 Å². The van der Waals surface area contributed by atoms with E-state index in [2.05, 4.69) is 10.3 Å². The van der Waals surface area contributed by atoms with Gasteiger partial charge in [0.25, 0.3) is 0 Å². The van der Waals surface area contributed by atoms with E-state index in [1.54, 1.807) is 12.1 Å². The summed E-state index contributed by atoms with van der Waals surface area (Å²) in [6, 6.07) is 23.3. The van der Waals surface area contributed by atoms with Gasteiger partial charge in [0.15, 0.2) is 0 Å². The normalized spacial score (nSPS) is 14.7. The van der Waals surface area contributed by atoms with E-state index in [1.165, 1.54) is 10.5 Å². The summed E-state index contributed by atoms with van der Waals surface area (Å²) in [4.78, 5) is 4.53. The summed E-state index contributed by atoms with van der Waals surface area (Å²) in [5.41, 5.74) is 3.88. The molecule has 0 amide bonds. The first kappa shape index (κ1) is 22.3. The lowest BCUT2D eigenvalue weighted by atomic mass is 10.1. The molecule has 2 aromatic heterocycles. The molecular weight excluding hydrogens is 450 g/mol. The van der Waals surface area contributed by atoms with E-state index in [0.29, 0.717) is 38.7 Å². The molecule has 34 heavy (non-hydrogen) atoms. The fraction of sp³-hybridized carbons (Fsp3) is 0.200. The van der Waals surface area contributed by atoms with Gasteiger partial charge in [0, 0.05) is 43.2 Å². The first-order valence-corrected chi connectivity index (χ1v) is 12.5. The number of rotatable bonds is 7. The van der Waals surface area contributed by atoms with Crippen molar-refractivity contribution in [3.05, 3.63) is 90.8 Å². The molecule has 1 fully saturated rings. The minimum absolute atomic E-state index is 0.182. The lowest BCUT2D eigenvalue weighted by Crippen LogP contribution is -2.40. The van der Waals surface area contributed by atoms with Gasteiger partial charge in [-0.1, -0.05) is 48.5 Å². The highest BCUT2D eigenvalue weighted by Crippen LogP contribution is 2.25. The van der Waals surface area contributed by atoms with Gasteiger partial charge in [-0.15, -0.1) is 0 Å². The predicted molar refractivity (Wildman–Crippen MR) is 130 cm³/mol. The minimum Gasteiger partial charge on any atom is -0.379 e. The Hall–Kier alpha value is -3.53. The Morgan fingerprint density at radius 3 is 2.29 bits per heavy atom. The summed E-state index contributed by atoms with van der Waals surface area (Å²) in [6.07, 6.45) is 3.40. The van der Waals surface area contributed by atoms with Crippen molar-refractivity contribution in [1.29, 1.82) is 0 Å². The fourth-order valence-corrected chi connectivity index (χ4v) is 5.20. The zero-order valence-electron chi connectivity index (χ0n) is 18.5. The Kier molecular flexibility index (Phi) is 6.39. The average Bonchev–Trinajstić information content (AvgIpc) is 3.34. The summed E-state index contributed by atoms with van der Waals surface area (Å²) in [7, 11) is -3.57. The Morgan fingerprint density at radius 1 is 0.912 bits per heavy atom. The van der Waals surface area contributed by atoms with Crippen LogP contribution in [0.2, 0.25) is 0 Å². The van der Waals surface area contributed by atoms with E-state index in [-0.39, 0.29) is 4.90 Å². The molecule has 9 heteroatoms. The monoisotopic (exact) mass is 475 g/mol. The van der Waals surface area contributed by atoms with Crippen molar-refractivity contribution >= 4 is 15.8 Å². The highest BCUT2D eigenvalue weighted by atomic mass is 32.2. The van der Waals surface area contributed by atoms with E-state index in [9.17, 15) is 8.42 Å². The molecule has 5 rings (SSSR count). The van der Waals surface area contributed by atoms with Crippen molar-refractivity contribution < 1.29 is 13.2 Å². The van der Waals surface area contributed by atoms with E-state index in [1.807, 2.05) is 71.5 Å². The smallest absolute Gasteiger partial charge is 0.244 e. The average molecular weight is 476 g/mol. The number of benzene rings is 2. The molecule has 1 saturated heterocycles. The van der Waals surface area contributed by atoms with Gasteiger partial charge in [-0.2, -0.15) is 9.40 Å². The second kappa shape index (κ2) is 9.76. The molecule has 3 heterocycles. The Morgan fingerprint density at radius 2 is 1.62 bits per heavy atom. The maximum absolute atomic E-state index is 12.8. The lowest BCUT2D eigenvalue weighted by molar-refractivity contribution is 0.0730. The number of morpholine rings is 1. The van der Waals surface area contributed by atoms with Crippen LogP contribution in [0.15, 0.2) is 90.1 Å². The zero-order chi connectivity index (χ0) is 23.4. The van der Waals surface area contributed by atoms with Crippen LogP contribution in [-0.4, -0.2) is 53.8 Å². The summed E-state index contributed by atoms with van der Waals surface area (Å²) in [5.74, 6) is 0.590. The third kappa shape index (κ3) is 4.72. The molecule has 2 aromatic carbocycles. The number of para-hydroxylation sites is 1. The van der Waals surface area contributed by atoms with Crippen molar-refractivity contribution in [2.45, 2.75) is 11.4 Å².